The van der Waals surface area contributed by atoms with Crippen molar-refractivity contribution >= 4 is 48.0 Å². The van der Waals surface area contributed by atoms with Crippen molar-refractivity contribution in [2.24, 2.45) is 0 Å². The third-order valence-corrected chi connectivity index (χ3v) is 6.31. The van der Waals surface area contributed by atoms with Gasteiger partial charge in [-0.15, -0.1) is 11.3 Å². The summed E-state index contributed by atoms with van der Waals surface area (Å²) in [5, 5.41) is 4.48. The number of anilines is 1. The second-order valence-corrected chi connectivity index (χ2v) is 7.59. The van der Waals surface area contributed by atoms with Crippen molar-refractivity contribution < 1.29 is 4.39 Å². The molecule has 0 unspecified atom stereocenters. The first-order valence-corrected chi connectivity index (χ1v) is 9.37. The summed E-state index contributed by atoms with van der Waals surface area (Å²) in [5.41, 5.74) is -0.101. The SMILES string of the molecule is O=c1c2ccccc2c2sc(N3CCCC3)cc2c2c(F)cccc12. The predicted molar refractivity (Wildman–Crippen MR) is 105 cm³/mol. The average Bonchev–Trinajstić information content (AvgIpc) is 3.29. The highest BCUT2D eigenvalue weighted by molar-refractivity contribution is 7.23. The lowest BCUT2D eigenvalue weighted by atomic mass is 10.1. The van der Waals surface area contributed by atoms with E-state index in [1.54, 1.807) is 23.5 Å². The maximum absolute atomic E-state index is 14.8. The van der Waals surface area contributed by atoms with Crippen LogP contribution in [-0.4, -0.2) is 13.1 Å². The highest BCUT2D eigenvalue weighted by atomic mass is 32.1. The van der Waals surface area contributed by atoms with E-state index < -0.39 is 0 Å². The molecule has 4 heteroatoms. The fraction of sp³-hybridized carbons (Fsp3) is 0.190. The Morgan fingerprint density at radius 3 is 2.40 bits per heavy atom. The highest BCUT2D eigenvalue weighted by Crippen LogP contribution is 2.40. The summed E-state index contributed by atoms with van der Waals surface area (Å²) in [4.78, 5) is 15.4. The van der Waals surface area contributed by atoms with Crippen molar-refractivity contribution in [3.63, 3.8) is 0 Å². The predicted octanol–water partition coefficient (Wildman–Crippen LogP) is 5.31. The molecule has 0 N–H and O–H groups in total. The van der Waals surface area contributed by atoms with Crippen molar-refractivity contribution in [2.45, 2.75) is 12.8 Å². The zero-order valence-corrected chi connectivity index (χ0v) is 14.4. The van der Waals surface area contributed by atoms with Crippen molar-refractivity contribution in [3.8, 4) is 0 Å². The molecule has 1 aromatic heterocycles. The van der Waals surface area contributed by atoms with Gasteiger partial charge in [0.15, 0.2) is 5.43 Å². The molecule has 2 heterocycles. The first kappa shape index (κ1) is 14.8. The Labute approximate surface area is 148 Å². The lowest BCUT2D eigenvalue weighted by Crippen LogP contribution is -2.15. The second kappa shape index (κ2) is 5.53. The van der Waals surface area contributed by atoms with Gasteiger partial charge in [-0.1, -0.05) is 36.4 Å². The molecule has 25 heavy (non-hydrogen) atoms. The van der Waals surface area contributed by atoms with Gasteiger partial charge in [0.05, 0.1) is 5.00 Å². The molecule has 0 amide bonds. The largest absolute Gasteiger partial charge is 0.363 e. The van der Waals surface area contributed by atoms with Crippen LogP contribution in [0.4, 0.5) is 9.39 Å². The number of nitrogens with zero attached hydrogens (tertiary/aromatic N) is 1. The third kappa shape index (κ3) is 2.17. The molecule has 2 nitrogen and oxygen atoms in total. The maximum Gasteiger partial charge on any atom is 0.194 e. The van der Waals surface area contributed by atoms with E-state index in [2.05, 4.69) is 11.0 Å². The van der Waals surface area contributed by atoms with E-state index in [0.29, 0.717) is 16.2 Å². The van der Waals surface area contributed by atoms with Crippen molar-refractivity contribution in [3.05, 3.63) is 64.6 Å². The van der Waals surface area contributed by atoms with Crippen LogP contribution in [0, 0.1) is 5.82 Å². The average molecular weight is 349 g/mol. The second-order valence-electron chi connectivity index (χ2n) is 6.56. The quantitative estimate of drug-likeness (QED) is 0.464. The van der Waals surface area contributed by atoms with Gasteiger partial charge in [0, 0.05) is 44.7 Å². The van der Waals surface area contributed by atoms with Crippen LogP contribution in [0.15, 0.2) is 53.3 Å². The van der Waals surface area contributed by atoms with E-state index in [4.69, 9.17) is 0 Å². The van der Waals surface area contributed by atoms with Crippen molar-refractivity contribution in [1.82, 2.24) is 0 Å². The number of rotatable bonds is 1. The van der Waals surface area contributed by atoms with Crippen LogP contribution >= 0.6 is 11.3 Å². The Morgan fingerprint density at radius 2 is 1.60 bits per heavy atom. The molecule has 1 aliphatic heterocycles. The minimum absolute atomic E-state index is 0.101. The Morgan fingerprint density at radius 1 is 0.880 bits per heavy atom. The minimum atomic E-state index is -0.328. The normalized spacial score (nSPS) is 14.8. The number of hydrogen-bond acceptors (Lipinski definition) is 3. The molecule has 3 aromatic carbocycles. The van der Waals surface area contributed by atoms with Gasteiger partial charge < -0.3 is 4.90 Å². The number of halogens is 1. The molecular formula is C21H16FNOS. The summed E-state index contributed by atoms with van der Waals surface area (Å²) in [6.45, 7) is 2.09. The number of fused-ring (bicyclic) bond motifs is 5. The Balaban J connectivity index is 2.04. The van der Waals surface area contributed by atoms with Crippen LogP contribution in [-0.2, 0) is 0 Å². The van der Waals surface area contributed by atoms with E-state index >= 15 is 0 Å². The Kier molecular flexibility index (Phi) is 3.28. The Hall–Kier alpha value is -2.46. The van der Waals surface area contributed by atoms with E-state index in [0.717, 1.165) is 28.6 Å². The fourth-order valence-electron chi connectivity index (χ4n) is 3.87. The molecule has 0 radical (unpaired) electrons. The molecule has 0 aliphatic carbocycles. The molecule has 5 rings (SSSR count). The van der Waals surface area contributed by atoms with Gasteiger partial charge in [-0.3, -0.25) is 4.79 Å². The molecular weight excluding hydrogens is 333 g/mol. The van der Waals surface area contributed by atoms with Gasteiger partial charge in [0.1, 0.15) is 5.82 Å². The van der Waals surface area contributed by atoms with Crippen LogP contribution in [0.3, 0.4) is 0 Å². The van der Waals surface area contributed by atoms with E-state index in [1.807, 2.05) is 24.3 Å². The molecule has 0 saturated carbocycles. The monoisotopic (exact) mass is 349 g/mol. The van der Waals surface area contributed by atoms with E-state index in [9.17, 15) is 9.18 Å². The molecule has 1 aliphatic rings. The molecule has 124 valence electrons. The highest BCUT2D eigenvalue weighted by Gasteiger charge is 2.19. The molecule has 4 aromatic rings. The summed E-state index contributed by atoms with van der Waals surface area (Å²) in [6.07, 6.45) is 2.39. The summed E-state index contributed by atoms with van der Waals surface area (Å²) >= 11 is 1.67. The van der Waals surface area contributed by atoms with Gasteiger partial charge >= 0.3 is 0 Å². The Bertz CT molecular complexity index is 1190. The first-order valence-electron chi connectivity index (χ1n) is 8.56. The standard InChI is InChI=1S/C21H16FNOS/c22-17-9-5-8-15-19(17)16-12-18(23-10-3-4-11-23)25-21(16)14-7-2-1-6-13(14)20(15)24/h1-2,5-9,12H,3-4,10-11H2. The fourth-order valence-corrected chi connectivity index (χ4v) is 5.12. The smallest absolute Gasteiger partial charge is 0.194 e. The van der Waals surface area contributed by atoms with Gasteiger partial charge in [0.25, 0.3) is 0 Å². The lowest BCUT2D eigenvalue weighted by Gasteiger charge is -2.13. The molecule has 0 atom stereocenters. The van der Waals surface area contributed by atoms with Crippen LogP contribution < -0.4 is 10.3 Å². The van der Waals surface area contributed by atoms with E-state index in [1.165, 1.54) is 23.9 Å². The molecule has 1 saturated heterocycles. The first-order chi connectivity index (χ1) is 12.2. The van der Waals surface area contributed by atoms with Gasteiger partial charge in [-0.25, -0.2) is 4.39 Å². The zero-order chi connectivity index (χ0) is 17.0. The third-order valence-electron chi connectivity index (χ3n) is 5.08. The molecule has 0 spiro atoms. The summed E-state index contributed by atoms with van der Waals surface area (Å²) < 4.78 is 15.7. The summed E-state index contributed by atoms with van der Waals surface area (Å²) in [6, 6.07) is 14.5. The lowest BCUT2D eigenvalue weighted by molar-refractivity contribution is 0.640. The maximum atomic E-state index is 14.8. The van der Waals surface area contributed by atoms with Crippen LogP contribution in [0.2, 0.25) is 0 Å². The van der Waals surface area contributed by atoms with E-state index in [-0.39, 0.29) is 11.2 Å². The van der Waals surface area contributed by atoms with Gasteiger partial charge in [-0.2, -0.15) is 0 Å². The minimum Gasteiger partial charge on any atom is -0.363 e. The zero-order valence-electron chi connectivity index (χ0n) is 13.6. The van der Waals surface area contributed by atoms with Crippen molar-refractivity contribution in [2.75, 3.05) is 18.0 Å². The van der Waals surface area contributed by atoms with Crippen LogP contribution in [0.5, 0.6) is 0 Å². The number of hydrogen-bond donors (Lipinski definition) is 0. The molecule has 1 fully saturated rings. The molecule has 0 bridgehead atoms. The summed E-state index contributed by atoms with van der Waals surface area (Å²) in [7, 11) is 0. The van der Waals surface area contributed by atoms with Crippen molar-refractivity contribution in [1.29, 1.82) is 0 Å². The number of benzene rings is 2. The topological polar surface area (TPSA) is 20.3 Å². The summed E-state index contributed by atoms with van der Waals surface area (Å²) in [5.74, 6) is -0.328. The van der Waals surface area contributed by atoms with Gasteiger partial charge in [-0.05, 0) is 25.0 Å². The van der Waals surface area contributed by atoms with Crippen LogP contribution in [0.1, 0.15) is 12.8 Å². The van der Waals surface area contributed by atoms with Crippen LogP contribution in [0.25, 0.3) is 31.6 Å². The number of thiophene rings is 1. The van der Waals surface area contributed by atoms with Gasteiger partial charge in [0.2, 0.25) is 0 Å².